The minimum absolute atomic E-state index is 0.116. The molecule has 1 rings (SSSR count). The molecule has 0 fully saturated rings. The van der Waals surface area contributed by atoms with E-state index in [9.17, 15) is 4.39 Å². The molecule has 0 saturated carbocycles. The smallest absolute Gasteiger partial charge is 0.169 e. The lowest BCUT2D eigenvalue weighted by Gasteiger charge is -2.37. The molecule has 0 heterocycles. The second kappa shape index (κ2) is 6.16. The van der Waals surface area contributed by atoms with Gasteiger partial charge in [-0.1, -0.05) is 19.1 Å². The molecule has 18 heavy (non-hydrogen) atoms. The maximum absolute atomic E-state index is 14.0. The van der Waals surface area contributed by atoms with Crippen LogP contribution in [0.3, 0.4) is 0 Å². The summed E-state index contributed by atoms with van der Waals surface area (Å²) in [6.07, 6.45) is 0.922. The first kappa shape index (κ1) is 14.9. The zero-order chi connectivity index (χ0) is 13.8. The molecule has 0 amide bonds. The molecular formula is C14H23FN2O. The molecule has 0 aliphatic rings. The summed E-state index contributed by atoms with van der Waals surface area (Å²) >= 11 is 0. The number of halogens is 1. The molecule has 1 atom stereocenters. The second-order valence-corrected chi connectivity index (χ2v) is 4.84. The molecule has 0 aliphatic carbocycles. The van der Waals surface area contributed by atoms with Gasteiger partial charge in [0, 0.05) is 24.2 Å². The molecular weight excluding hydrogens is 231 g/mol. The number of rotatable bonds is 6. The Balaban J connectivity index is 2.91. The minimum Gasteiger partial charge on any atom is -0.494 e. The van der Waals surface area contributed by atoms with Crippen LogP contribution in [0.5, 0.6) is 5.75 Å². The van der Waals surface area contributed by atoms with E-state index in [0.29, 0.717) is 18.7 Å². The number of hydrogen-bond acceptors (Lipinski definition) is 3. The van der Waals surface area contributed by atoms with Crippen molar-refractivity contribution in [2.45, 2.75) is 32.4 Å². The molecule has 0 aliphatic heterocycles. The van der Waals surface area contributed by atoms with Gasteiger partial charge in [0.1, 0.15) is 0 Å². The lowest BCUT2D eigenvalue weighted by atomic mass is 9.96. The molecule has 102 valence electrons. The predicted octanol–water partition coefficient (Wildman–Crippen LogP) is 2.39. The molecule has 3 nitrogen and oxygen atoms in total. The molecule has 1 aromatic rings. The molecule has 4 heteroatoms. The molecule has 2 N–H and O–H groups in total. The van der Waals surface area contributed by atoms with Crippen molar-refractivity contribution >= 4 is 0 Å². The Hall–Kier alpha value is -1.13. The van der Waals surface area contributed by atoms with Crippen LogP contribution in [0.1, 0.15) is 25.8 Å². The fourth-order valence-electron chi connectivity index (χ4n) is 1.85. The quantitative estimate of drug-likeness (QED) is 0.847. The van der Waals surface area contributed by atoms with Gasteiger partial charge in [0.2, 0.25) is 0 Å². The largest absolute Gasteiger partial charge is 0.494 e. The summed E-state index contributed by atoms with van der Waals surface area (Å²) < 4.78 is 19.0. The van der Waals surface area contributed by atoms with E-state index in [1.165, 1.54) is 7.11 Å². The van der Waals surface area contributed by atoms with E-state index in [1.807, 2.05) is 7.05 Å². The van der Waals surface area contributed by atoms with Crippen LogP contribution >= 0.6 is 0 Å². The predicted molar refractivity (Wildman–Crippen MR) is 72.2 cm³/mol. The summed E-state index contributed by atoms with van der Waals surface area (Å²) in [5.74, 6) is -0.00539. The van der Waals surface area contributed by atoms with Gasteiger partial charge in [-0.05, 0) is 26.5 Å². The fraction of sp³-hybridized carbons (Fsp3) is 0.571. The van der Waals surface area contributed by atoms with Gasteiger partial charge in [-0.3, -0.25) is 4.90 Å². The van der Waals surface area contributed by atoms with Crippen molar-refractivity contribution in [1.82, 2.24) is 4.90 Å². The Morgan fingerprint density at radius 2 is 2.11 bits per heavy atom. The van der Waals surface area contributed by atoms with Crippen molar-refractivity contribution in [3.8, 4) is 5.75 Å². The number of hydrogen-bond donors (Lipinski definition) is 1. The van der Waals surface area contributed by atoms with Crippen LogP contribution in [-0.4, -0.2) is 31.1 Å². The van der Waals surface area contributed by atoms with Crippen molar-refractivity contribution in [2.24, 2.45) is 5.73 Å². The molecule has 1 unspecified atom stereocenters. The van der Waals surface area contributed by atoms with Crippen LogP contribution < -0.4 is 10.5 Å². The maximum atomic E-state index is 14.0. The van der Waals surface area contributed by atoms with Crippen molar-refractivity contribution < 1.29 is 9.13 Å². The van der Waals surface area contributed by atoms with Gasteiger partial charge in [-0.2, -0.15) is 0 Å². The Morgan fingerprint density at radius 1 is 1.44 bits per heavy atom. The number of nitrogens with two attached hydrogens (primary N) is 1. The summed E-state index contributed by atoms with van der Waals surface area (Å²) in [6.45, 7) is 5.24. The van der Waals surface area contributed by atoms with Crippen molar-refractivity contribution in [3.63, 3.8) is 0 Å². The second-order valence-electron chi connectivity index (χ2n) is 4.84. The lowest BCUT2D eigenvalue weighted by molar-refractivity contribution is 0.130. The Bertz CT molecular complexity index is 391. The average Bonchev–Trinajstić information content (AvgIpc) is 2.40. The highest BCUT2D eigenvalue weighted by molar-refractivity contribution is 5.31. The van der Waals surface area contributed by atoms with Crippen molar-refractivity contribution in [1.29, 1.82) is 0 Å². The minimum atomic E-state index is -0.290. The monoisotopic (exact) mass is 254 g/mol. The van der Waals surface area contributed by atoms with Gasteiger partial charge in [-0.15, -0.1) is 0 Å². The van der Waals surface area contributed by atoms with E-state index in [-0.39, 0.29) is 17.1 Å². The van der Waals surface area contributed by atoms with Crippen LogP contribution in [0, 0.1) is 5.82 Å². The van der Waals surface area contributed by atoms with Crippen LogP contribution in [-0.2, 0) is 6.54 Å². The zero-order valence-electron chi connectivity index (χ0n) is 11.7. The Kier molecular flexibility index (Phi) is 5.11. The fourth-order valence-corrected chi connectivity index (χ4v) is 1.85. The highest BCUT2D eigenvalue weighted by Crippen LogP contribution is 2.24. The van der Waals surface area contributed by atoms with Gasteiger partial charge in [0.25, 0.3) is 0 Å². The summed E-state index contributed by atoms with van der Waals surface area (Å²) in [4.78, 5) is 2.09. The van der Waals surface area contributed by atoms with Gasteiger partial charge in [0.05, 0.1) is 7.11 Å². The van der Waals surface area contributed by atoms with Crippen LogP contribution in [0.15, 0.2) is 18.2 Å². The molecule has 0 bridgehead atoms. The number of ether oxygens (including phenoxy) is 1. The van der Waals surface area contributed by atoms with Crippen LogP contribution in [0.25, 0.3) is 0 Å². The molecule has 0 aromatic heterocycles. The SMILES string of the molecule is CCC(C)(CN)N(C)Cc1cccc(OC)c1F. The first-order valence-corrected chi connectivity index (χ1v) is 6.21. The van der Waals surface area contributed by atoms with Crippen LogP contribution in [0.4, 0.5) is 4.39 Å². The highest BCUT2D eigenvalue weighted by atomic mass is 19.1. The van der Waals surface area contributed by atoms with E-state index in [1.54, 1.807) is 18.2 Å². The summed E-state index contributed by atoms with van der Waals surface area (Å²) in [5, 5.41) is 0. The van der Waals surface area contributed by atoms with Crippen LogP contribution in [0.2, 0.25) is 0 Å². The van der Waals surface area contributed by atoms with E-state index >= 15 is 0 Å². The van der Waals surface area contributed by atoms with Gasteiger partial charge in [0.15, 0.2) is 11.6 Å². The normalized spacial score (nSPS) is 14.6. The molecule has 0 radical (unpaired) electrons. The molecule has 0 spiro atoms. The molecule has 1 aromatic carbocycles. The van der Waals surface area contributed by atoms with Crippen molar-refractivity contribution in [2.75, 3.05) is 20.7 Å². The number of nitrogens with zero attached hydrogens (tertiary/aromatic N) is 1. The number of likely N-dealkylation sites (N-methyl/N-ethyl adjacent to an activating group) is 1. The lowest BCUT2D eigenvalue weighted by Crippen LogP contribution is -2.48. The van der Waals surface area contributed by atoms with Gasteiger partial charge >= 0.3 is 0 Å². The van der Waals surface area contributed by atoms with Crippen molar-refractivity contribution in [3.05, 3.63) is 29.6 Å². The third kappa shape index (κ3) is 3.00. The summed E-state index contributed by atoms with van der Waals surface area (Å²) in [7, 11) is 3.44. The standard InChI is InChI=1S/C14H23FN2O/c1-5-14(2,10-16)17(3)9-11-7-6-8-12(18-4)13(11)15/h6-8H,5,9-10,16H2,1-4H3. The summed E-state index contributed by atoms with van der Waals surface area (Å²) in [5.41, 5.74) is 6.32. The summed E-state index contributed by atoms with van der Waals surface area (Å²) in [6, 6.07) is 5.21. The number of benzene rings is 1. The van der Waals surface area contributed by atoms with E-state index in [0.717, 1.165) is 6.42 Å². The zero-order valence-corrected chi connectivity index (χ0v) is 11.7. The van der Waals surface area contributed by atoms with E-state index in [2.05, 4.69) is 18.7 Å². The highest BCUT2D eigenvalue weighted by Gasteiger charge is 2.26. The number of methoxy groups -OCH3 is 1. The van der Waals surface area contributed by atoms with Gasteiger partial charge < -0.3 is 10.5 Å². The maximum Gasteiger partial charge on any atom is 0.169 e. The van der Waals surface area contributed by atoms with E-state index < -0.39 is 0 Å². The average molecular weight is 254 g/mol. The third-order valence-corrected chi connectivity index (χ3v) is 3.79. The van der Waals surface area contributed by atoms with E-state index in [4.69, 9.17) is 10.5 Å². The van der Waals surface area contributed by atoms with Gasteiger partial charge in [-0.25, -0.2) is 4.39 Å². The Labute approximate surface area is 109 Å². The molecule has 0 saturated heterocycles. The Morgan fingerprint density at radius 3 is 2.61 bits per heavy atom. The first-order valence-electron chi connectivity index (χ1n) is 6.21. The third-order valence-electron chi connectivity index (χ3n) is 3.79. The first-order chi connectivity index (χ1) is 8.48. The topological polar surface area (TPSA) is 38.5 Å².